The summed E-state index contributed by atoms with van der Waals surface area (Å²) < 4.78 is 0. The maximum Gasteiger partial charge on any atom is 0.256 e. The van der Waals surface area contributed by atoms with Gasteiger partial charge in [0.25, 0.3) is 5.91 Å². The van der Waals surface area contributed by atoms with Gasteiger partial charge in [-0.2, -0.15) is 0 Å². The van der Waals surface area contributed by atoms with Gasteiger partial charge < -0.3 is 10.2 Å². The van der Waals surface area contributed by atoms with E-state index in [9.17, 15) is 4.79 Å². The maximum absolute atomic E-state index is 12.8. The Hall–Kier alpha value is -1.51. The molecule has 1 aliphatic heterocycles. The van der Waals surface area contributed by atoms with Gasteiger partial charge >= 0.3 is 0 Å². The minimum absolute atomic E-state index is 0.171. The number of nitrogens with zero attached hydrogens (tertiary/aromatic N) is 1. The van der Waals surface area contributed by atoms with Crippen LogP contribution in [0.1, 0.15) is 49.5 Å². The van der Waals surface area contributed by atoms with E-state index in [0.29, 0.717) is 12.0 Å². The molecule has 0 saturated carbocycles. The molecule has 0 bridgehead atoms. The first-order valence-corrected chi connectivity index (χ1v) is 7.68. The summed E-state index contributed by atoms with van der Waals surface area (Å²) in [5, 5.41) is 3.37. The van der Waals surface area contributed by atoms with Crippen molar-refractivity contribution >= 4 is 11.6 Å². The minimum Gasteiger partial charge on any atom is -0.384 e. The van der Waals surface area contributed by atoms with Gasteiger partial charge in [0.1, 0.15) is 0 Å². The molecule has 0 aliphatic carbocycles. The second-order valence-electron chi connectivity index (χ2n) is 6.12. The summed E-state index contributed by atoms with van der Waals surface area (Å²) in [5.74, 6) is 0.773. The number of carbonyl (C=O) groups is 1. The number of hydrogen-bond acceptors (Lipinski definition) is 2. The number of rotatable bonds is 4. The zero-order chi connectivity index (χ0) is 14.7. The van der Waals surface area contributed by atoms with Crippen LogP contribution in [0.15, 0.2) is 18.2 Å². The molecule has 1 aromatic carbocycles. The number of benzene rings is 1. The van der Waals surface area contributed by atoms with Crippen LogP contribution in [0.25, 0.3) is 0 Å². The molecule has 2 unspecified atom stereocenters. The van der Waals surface area contributed by atoms with Gasteiger partial charge in [-0.1, -0.05) is 25.5 Å². The number of anilines is 1. The van der Waals surface area contributed by atoms with Crippen molar-refractivity contribution in [3.8, 4) is 0 Å². The first-order valence-electron chi connectivity index (χ1n) is 7.68. The fourth-order valence-corrected chi connectivity index (χ4v) is 2.99. The summed E-state index contributed by atoms with van der Waals surface area (Å²) in [6.07, 6.45) is 2.16. The Morgan fingerprint density at radius 1 is 1.40 bits per heavy atom. The highest BCUT2D eigenvalue weighted by Crippen LogP contribution is 2.27. The Balaban J connectivity index is 2.26. The molecule has 1 fully saturated rings. The monoisotopic (exact) mass is 274 g/mol. The molecule has 0 radical (unpaired) electrons. The van der Waals surface area contributed by atoms with Crippen molar-refractivity contribution in [3.63, 3.8) is 0 Å². The van der Waals surface area contributed by atoms with Gasteiger partial charge in [-0.25, -0.2) is 0 Å². The molecule has 1 saturated heterocycles. The van der Waals surface area contributed by atoms with Gasteiger partial charge in [0.05, 0.1) is 5.56 Å². The van der Waals surface area contributed by atoms with Crippen molar-refractivity contribution in [3.05, 3.63) is 29.3 Å². The Morgan fingerprint density at radius 2 is 2.15 bits per heavy atom. The summed E-state index contributed by atoms with van der Waals surface area (Å²) in [7, 11) is 0. The van der Waals surface area contributed by atoms with Crippen LogP contribution in [0.3, 0.4) is 0 Å². The van der Waals surface area contributed by atoms with Crippen LogP contribution in [0.2, 0.25) is 0 Å². The zero-order valence-corrected chi connectivity index (χ0v) is 13.1. The van der Waals surface area contributed by atoms with E-state index in [4.69, 9.17) is 0 Å². The second-order valence-corrected chi connectivity index (χ2v) is 6.12. The normalized spacial score (nSPS) is 22.1. The van der Waals surface area contributed by atoms with Crippen LogP contribution in [0, 0.1) is 12.8 Å². The highest BCUT2D eigenvalue weighted by atomic mass is 16.2. The molecule has 1 aliphatic rings. The summed E-state index contributed by atoms with van der Waals surface area (Å²) in [6.45, 7) is 10.3. The van der Waals surface area contributed by atoms with E-state index in [2.05, 4.69) is 32.2 Å². The SMILES string of the molecule is CCCNc1ccc(C)cc1C(=O)N1CC(C)CC1C. The molecular formula is C17H26N2O. The van der Waals surface area contributed by atoms with Crippen LogP contribution in [-0.2, 0) is 0 Å². The lowest BCUT2D eigenvalue weighted by Gasteiger charge is -2.23. The molecule has 3 nitrogen and oxygen atoms in total. The van der Waals surface area contributed by atoms with E-state index in [1.807, 2.05) is 24.0 Å². The van der Waals surface area contributed by atoms with Crippen LogP contribution < -0.4 is 5.32 Å². The molecule has 1 amide bonds. The molecule has 1 N–H and O–H groups in total. The summed E-state index contributed by atoms with van der Waals surface area (Å²) in [5.41, 5.74) is 2.92. The van der Waals surface area contributed by atoms with Crippen LogP contribution in [0.5, 0.6) is 0 Å². The molecule has 2 rings (SSSR count). The highest BCUT2D eigenvalue weighted by molar-refractivity contribution is 6.00. The second kappa shape index (κ2) is 6.29. The van der Waals surface area contributed by atoms with Crippen LogP contribution >= 0.6 is 0 Å². The van der Waals surface area contributed by atoms with E-state index < -0.39 is 0 Å². The Morgan fingerprint density at radius 3 is 2.75 bits per heavy atom. The van der Waals surface area contributed by atoms with E-state index >= 15 is 0 Å². The Kier molecular flexibility index (Phi) is 4.69. The molecule has 110 valence electrons. The Labute approximate surface area is 122 Å². The van der Waals surface area contributed by atoms with Gasteiger partial charge in [-0.05, 0) is 44.7 Å². The molecule has 20 heavy (non-hydrogen) atoms. The van der Waals surface area contributed by atoms with Crippen molar-refractivity contribution in [2.24, 2.45) is 5.92 Å². The van der Waals surface area contributed by atoms with Crippen molar-refractivity contribution in [1.29, 1.82) is 0 Å². The number of hydrogen-bond donors (Lipinski definition) is 1. The minimum atomic E-state index is 0.171. The fourth-order valence-electron chi connectivity index (χ4n) is 2.99. The van der Waals surface area contributed by atoms with Gasteiger partial charge in [-0.3, -0.25) is 4.79 Å². The van der Waals surface area contributed by atoms with Gasteiger partial charge in [0.2, 0.25) is 0 Å². The van der Waals surface area contributed by atoms with Gasteiger partial charge in [0.15, 0.2) is 0 Å². The first kappa shape index (κ1) is 14.9. The number of aryl methyl sites for hydroxylation is 1. The molecule has 2 atom stereocenters. The predicted octanol–water partition coefficient (Wildman–Crippen LogP) is 3.69. The van der Waals surface area contributed by atoms with Crippen molar-refractivity contribution in [2.45, 2.75) is 46.6 Å². The Bertz CT molecular complexity index is 484. The average Bonchev–Trinajstić information content (AvgIpc) is 2.75. The predicted molar refractivity (Wildman–Crippen MR) is 84.2 cm³/mol. The summed E-state index contributed by atoms with van der Waals surface area (Å²) >= 11 is 0. The lowest BCUT2D eigenvalue weighted by molar-refractivity contribution is 0.0744. The maximum atomic E-state index is 12.8. The topological polar surface area (TPSA) is 32.3 Å². The van der Waals surface area contributed by atoms with Crippen LogP contribution in [-0.4, -0.2) is 29.9 Å². The quantitative estimate of drug-likeness (QED) is 0.908. The third-order valence-electron chi connectivity index (χ3n) is 4.02. The molecule has 1 aromatic rings. The van der Waals surface area contributed by atoms with E-state index in [0.717, 1.165) is 42.7 Å². The van der Waals surface area contributed by atoms with E-state index in [-0.39, 0.29) is 5.91 Å². The third-order valence-corrected chi connectivity index (χ3v) is 4.02. The highest BCUT2D eigenvalue weighted by Gasteiger charge is 2.31. The molecular weight excluding hydrogens is 248 g/mol. The van der Waals surface area contributed by atoms with Gasteiger partial charge in [0, 0.05) is 24.8 Å². The number of amides is 1. The summed E-state index contributed by atoms with van der Waals surface area (Å²) in [4.78, 5) is 14.8. The van der Waals surface area contributed by atoms with Crippen molar-refractivity contribution in [2.75, 3.05) is 18.4 Å². The number of likely N-dealkylation sites (tertiary alicyclic amines) is 1. The lowest BCUT2D eigenvalue weighted by Crippen LogP contribution is -2.34. The van der Waals surface area contributed by atoms with Crippen LogP contribution in [0.4, 0.5) is 5.69 Å². The van der Waals surface area contributed by atoms with E-state index in [1.54, 1.807) is 0 Å². The fraction of sp³-hybridized carbons (Fsp3) is 0.588. The molecule has 0 spiro atoms. The van der Waals surface area contributed by atoms with Crippen molar-refractivity contribution < 1.29 is 4.79 Å². The zero-order valence-electron chi connectivity index (χ0n) is 13.1. The third kappa shape index (κ3) is 3.14. The lowest BCUT2D eigenvalue weighted by atomic mass is 10.1. The molecule has 0 aromatic heterocycles. The van der Waals surface area contributed by atoms with Crippen molar-refractivity contribution in [1.82, 2.24) is 4.90 Å². The average molecular weight is 274 g/mol. The first-order chi connectivity index (χ1) is 9.52. The smallest absolute Gasteiger partial charge is 0.256 e. The van der Waals surface area contributed by atoms with Gasteiger partial charge in [-0.15, -0.1) is 0 Å². The molecule has 1 heterocycles. The largest absolute Gasteiger partial charge is 0.384 e. The van der Waals surface area contributed by atoms with E-state index in [1.165, 1.54) is 0 Å². The number of nitrogens with one attached hydrogen (secondary N) is 1. The molecule has 3 heteroatoms. The number of carbonyl (C=O) groups excluding carboxylic acids is 1. The standard InChI is InChI=1S/C17H26N2O/c1-5-8-18-16-7-6-12(2)10-15(16)17(20)19-11-13(3)9-14(19)4/h6-7,10,13-14,18H,5,8-9,11H2,1-4H3. The summed E-state index contributed by atoms with van der Waals surface area (Å²) in [6, 6.07) is 6.44.